The summed E-state index contributed by atoms with van der Waals surface area (Å²) in [7, 11) is 4.38. The van der Waals surface area contributed by atoms with Crippen molar-refractivity contribution >= 4 is 5.84 Å². The largest absolute Gasteiger partial charge is 0.388 e. The first-order valence-electron chi connectivity index (χ1n) is 5.81. The molecular weight excluding hydrogens is 188 g/mol. The van der Waals surface area contributed by atoms with Gasteiger partial charge in [0.05, 0.1) is 5.84 Å². The molecule has 0 aliphatic carbocycles. The van der Waals surface area contributed by atoms with Crippen molar-refractivity contribution in [2.45, 2.75) is 31.7 Å². The average molecular weight is 212 g/mol. The molecule has 0 radical (unpaired) electrons. The Balaban J connectivity index is 2.16. The molecule has 3 N–H and O–H groups in total. The number of rotatable bonds is 5. The molecule has 0 aromatic carbocycles. The molecule has 15 heavy (non-hydrogen) atoms. The Morgan fingerprint density at radius 3 is 2.60 bits per heavy atom. The van der Waals surface area contributed by atoms with E-state index in [1.165, 1.54) is 25.9 Å². The van der Waals surface area contributed by atoms with Crippen LogP contribution in [0.15, 0.2) is 0 Å². The molecule has 0 atom stereocenters. The van der Waals surface area contributed by atoms with Crippen molar-refractivity contribution in [3.8, 4) is 0 Å². The molecule has 1 saturated heterocycles. The van der Waals surface area contributed by atoms with Crippen LogP contribution in [0.3, 0.4) is 0 Å². The zero-order chi connectivity index (χ0) is 11.3. The van der Waals surface area contributed by atoms with Gasteiger partial charge in [0.25, 0.3) is 0 Å². The van der Waals surface area contributed by atoms with Gasteiger partial charge in [0.1, 0.15) is 0 Å². The average Bonchev–Trinajstić information content (AvgIpc) is 2.18. The van der Waals surface area contributed by atoms with E-state index in [0.29, 0.717) is 5.84 Å². The molecule has 0 aromatic rings. The number of hydrogen-bond acceptors (Lipinski definition) is 3. The highest BCUT2D eigenvalue weighted by Crippen LogP contribution is 2.14. The molecule has 1 aliphatic rings. The fourth-order valence-corrected chi connectivity index (χ4v) is 2.14. The van der Waals surface area contributed by atoms with Crippen LogP contribution in [0.4, 0.5) is 0 Å². The fraction of sp³-hybridized carbons (Fsp3) is 0.909. The number of amidine groups is 1. The van der Waals surface area contributed by atoms with E-state index in [4.69, 9.17) is 11.1 Å². The maximum Gasteiger partial charge on any atom is 0.0905 e. The Morgan fingerprint density at radius 2 is 2.07 bits per heavy atom. The molecule has 4 heteroatoms. The van der Waals surface area contributed by atoms with Gasteiger partial charge in [0, 0.05) is 12.5 Å². The summed E-state index contributed by atoms with van der Waals surface area (Å²) in [5.74, 6) is 0.312. The Hall–Kier alpha value is -0.610. The van der Waals surface area contributed by atoms with Gasteiger partial charge in [0.2, 0.25) is 0 Å². The van der Waals surface area contributed by atoms with Crippen molar-refractivity contribution in [1.29, 1.82) is 5.41 Å². The summed E-state index contributed by atoms with van der Waals surface area (Å²) < 4.78 is 0. The highest BCUT2D eigenvalue weighted by molar-refractivity contribution is 5.76. The number of nitrogens with one attached hydrogen (secondary N) is 1. The molecule has 1 heterocycles. The number of nitrogens with zero attached hydrogens (tertiary/aromatic N) is 2. The van der Waals surface area contributed by atoms with Crippen molar-refractivity contribution in [3.05, 3.63) is 0 Å². The number of hydrogen-bond donors (Lipinski definition) is 2. The number of likely N-dealkylation sites (tertiary alicyclic amines) is 1. The lowest BCUT2D eigenvalue weighted by Crippen LogP contribution is -2.42. The monoisotopic (exact) mass is 212 g/mol. The second-order valence-electron chi connectivity index (χ2n) is 4.64. The summed E-state index contributed by atoms with van der Waals surface area (Å²) in [5, 5.41) is 7.16. The van der Waals surface area contributed by atoms with Crippen molar-refractivity contribution in [3.63, 3.8) is 0 Å². The third-order valence-electron chi connectivity index (χ3n) is 3.27. The quantitative estimate of drug-likeness (QED) is 0.522. The van der Waals surface area contributed by atoms with Crippen LogP contribution in [-0.4, -0.2) is 55.4 Å². The third-order valence-corrected chi connectivity index (χ3v) is 3.27. The van der Waals surface area contributed by atoms with Crippen molar-refractivity contribution < 1.29 is 0 Å². The van der Waals surface area contributed by atoms with Crippen molar-refractivity contribution in [2.75, 3.05) is 33.7 Å². The molecular formula is C11H24N4. The van der Waals surface area contributed by atoms with Crippen LogP contribution in [-0.2, 0) is 0 Å². The normalized spacial score (nSPS) is 19.7. The van der Waals surface area contributed by atoms with Gasteiger partial charge >= 0.3 is 0 Å². The standard InChI is InChI=1S/C11H24N4/c1-14-8-5-10(6-9-14)15(2)7-3-4-11(12)13/h10H,3-9H2,1-2H3,(H3,12,13). The van der Waals surface area contributed by atoms with E-state index >= 15 is 0 Å². The molecule has 0 unspecified atom stereocenters. The van der Waals surface area contributed by atoms with E-state index in [1.807, 2.05) is 0 Å². The number of piperidine rings is 1. The van der Waals surface area contributed by atoms with Crippen molar-refractivity contribution in [1.82, 2.24) is 9.80 Å². The van der Waals surface area contributed by atoms with Crippen LogP contribution in [0.5, 0.6) is 0 Å². The van der Waals surface area contributed by atoms with Gasteiger partial charge in [-0.05, 0) is 53.0 Å². The van der Waals surface area contributed by atoms with Gasteiger partial charge in [-0.15, -0.1) is 0 Å². The highest BCUT2D eigenvalue weighted by atomic mass is 15.2. The minimum atomic E-state index is 0.312. The maximum absolute atomic E-state index is 7.16. The Morgan fingerprint density at radius 1 is 1.47 bits per heavy atom. The van der Waals surface area contributed by atoms with Gasteiger partial charge in [-0.25, -0.2) is 0 Å². The summed E-state index contributed by atoms with van der Waals surface area (Å²) in [6.07, 6.45) is 4.29. The zero-order valence-corrected chi connectivity index (χ0v) is 10.00. The van der Waals surface area contributed by atoms with Gasteiger partial charge < -0.3 is 15.5 Å². The first-order chi connectivity index (χ1) is 7.09. The summed E-state index contributed by atoms with van der Waals surface area (Å²) >= 11 is 0. The van der Waals surface area contributed by atoms with Crippen molar-refractivity contribution in [2.24, 2.45) is 5.73 Å². The van der Waals surface area contributed by atoms with E-state index in [2.05, 4.69) is 23.9 Å². The minimum absolute atomic E-state index is 0.312. The van der Waals surface area contributed by atoms with Crippen LogP contribution < -0.4 is 5.73 Å². The molecule has 0 spiro atoms. The summed E-state index contributed by atoms with van der Waals surface area (Å²) in [6, 6.07) is 0.730. The predicted octanol–water partition coefficient (Wildman–Crippen LogP) is 0.729. The second-order valence-corrected chi connectivity index (χ2v) is 4.64. The van der Waals surface area contributed by atoms with Crippen LogP contribution in [0.1, 0.15) is 25.7 Å². The first kappa shape index (κ1) is 12.5. The molecule has 1 aliphatic heterocycles. The van der Waals surface area contributed by atoms with E-state index in [1.54, 1.807) is 0 Å². The predicted molar refractivity (Wildman–Crippen MR) is 64.3 cm³/mol. The lowest BCUT2D eigenvalue weighted by atomic mass is 10.0. The van der Waals surface area contributed by atoms with Crippen LogP contribution in [0, 0.1) is 5.41 Å². The zero-order valence-electron chi connectivity index (χ0n) is 10.00. The van der Waals surface area contributed by atoms with Gasteiger partial charge in [-0.3, -0.25) is 5.41 Å². The van der Waals surface area contributed by atoms with Gasteiger partial charge in [0.15, 0.2) is 0 Å². The maximum atomic E-state index is 7.16. The lowest BCUT2D eigenvalue weighted by Gasteiger charge is -2.35. The lowest BCUT2D eigenvalue weighted by molar-refractivity contribution is 0.144. The van der Waals surface area contributed by atoms with Gasteiger partial charge in [-0.2, -0.15) is 0 Å². The molecule has 0 amide bonds. The van der Waals surface area contributed by atoms with Crippen LogP contribution in [0.25, 0.3) is 0 Å². The minimum Gasteiger partial charge on any atom is -0.388 e. The molecule has 1 rings (SSSR count). The summed E-state index contributed by atoms with van der Waals surface area (Å²) in [4.78, 5) is 4.82. The SMILES string of the molecule is CN1CCC(N(C)CCCC(=N)N)CC1. The molecule has 0 aromatic heterocycles. The van der Waals surface area contributed by atoms with Crippen LogP contribution >= 0.6 is 0 Å². The molecule has 88 valence electrons. The van der Waals surface area contributed by atoms with E-state index in [0.717, 1.165) is 25.4 Å². The summed E-state index contributed by atoms with van der Waals surface area (Å²) in [6.45, 7) is 3.48. The molecule has 0 bridgehead atoms. The topological polar surface area (TPSA) is 56.4 Å². The fourth-order valence-electron chi connectivity index (χ4n) is 2.14. The Bertz CT molecular complexity index is 197. The number of nitrogens with two attached hydrogens (primary N) is 1. The van der Waals surface area contributed by atoms with Gasteiger partial charge in [-0.1, -0.05) is 0 Å². The summed E-state index contributed by atoms with van der Waals surface area (Å²) in [5.41, 5.74) is 5.33. The van der Waals surface area contributed by atoms with E-state index in [-0.39, 0.29) is 0 Å². The first-order valence-corrected chi connectivity index (χ1v) is 5.81. The third kappa shape index (κ3) is 4.62. The Labute approximate surface area is 92.9 Å². The molecule has 4 nitrogen and oxygen atoms in total. The van der Waals surface area contributed by atoms with Crippen LogP contribution in [0.2, 0.25) is 0 Å². The second kappa shape index (κ2) is 6.08. The Kier molecular flexibility index (Phi) is 5.05. The smallest absolute Gasteiger partial charge is 0.0905 e. The highest BCUT2D eigenvalue weighted by Gasteiger charge is 2.19. The van der Waals surface area contributed by atoms with E-state index < -0.39 is 0 Å². The molecule has 1 fully saturated rings. The van der Waals surface area contributed by atoms with E-state index in [9.17, 15) is 0 Å². The molecule has 0 saturated carbocycles.